The van der Waals surface area contributed by atoms with Crippen LogP contribution in [0.4, 0.5) is 0 Å². The lowest BCUT2D eigenvalue weighted by molar-refractivity contribution is 0.0596. The topological polar surface area (TPSA) is 48.7 Å². The molecule has 0 fully saturated rings. The highest BCUT2D eigenvalue weighted by molar-refractivity contribution is 6.04. The number of carbonyl (C=O) groups excluding carboxylic acids is 1. The van der Waals surface area contributed by atoms with E-state index in [0.717, 1.165) is 10.9 Å². The molecule has 0 aliphatic carbocycles. The Labute approximate surface area is 121 Å². The van der Waals surface area contributed by atoms with E-state index in [0.29, 0.717) is 23.5 Å². The van der Waals surface area contributed by atoms with E-state index in [1.165, 1.54) is 13.4 Å². The lowest BCUT2D eigenvalue weighted by Gasteiger charge is -2.10. The van der Waals surface area contributed by atoms with Gasteiger partial charge in [-0.15, -0.1) is 0 Å². The zero-order valence-corrected chi connectivity index (χ0v) is 11.5. The smallest absolute Gasteiger partial charge is 0.345 e. The number of rotatable bonds is 4. The molecule has 0 saturated carbocycles. The van der Waals surface area contributed by atoms with Gasteiger partial charge in [-0.1, -0.05) is 30.3 Å². The fourth-order valence-electron chi connectivity index (χ4n) is 2.17. The highest BCUT2D eigenvalue weighted by atomic mass is 16.5. The molecule has 0 aliphatic rings. The summed E-state index contributed by atoms with van der Waals surface area (Å²) in [5.74, 6) is -0.0215. The van der Waals surface area contributed by atoms with Crippen molar-refractivity contribution in [1.82, 2.24) is 0 Å². The Balaban J connectivity index is 1.95. The minimum absolute atomic E-state index is 0.316. The van der Waals surface area contributed by atoms with Crippen LogP contribution in [0, 0.1) is 0 Å². The largest absolute Gasteiger partial charge is 0.488 e. The van der Waals surface area contributed by atoms with E-state index < -0.39 is 5.97 Å². The van der Waals surface area contributed by atoms with Crippen molar-refractivity contribution in [1.29, 1.82) is 0 Å². The molecule has 4 nitrogen and oxygen atoms in total. The van der Waals surface area contributed by atoms with Crippen molar-refractivity contribution in [2.24, 2.45) is 0 Å². The first-order valence-corrected chi connectivity index (χ1v) is 6.55. The van der Waals surface area contributed by atoms with Crippen molar-refractivity contribution >= 4 is 16.9 Å². The summed E-state index contributed by atoms with van der Waals surface area (Å²) in [6.07, 6.45) is 1.54. The van der Waals surface area contributed by atoms with Crippen molar-refractivity contribution in [3.8, 4) is 5.75 Å². The predicted molar refractivity (Wildman–Crippen MR) is 78.3 cm³/mol. The number of furan rings is 1. The number of benzene rings is 2. The Morgan fingerprint density at radius 1 is 1.10 bits per heavy atom. The second kappa shape index (κ2) is 5.71. The molecule has 21 heavy (non-hydrogen) atoms. The van der Waals surface area contributed by atoms with Gasteiger partial charge in [-0.3, -0.25) is 0 Å². The van der Waals surface area contributed by atoms with Gasteiger partial charge >= 0.3 is 5.97 Å². The van der Waals surface area contributed by atoms with Crippen LogP contribution in [0.3, 0.4) is 0 Å². The van der Waals surface area contributed by atoms with Crippen molar-refractivity contribution in [3.05, 3.63) is 65.9 Å². The molecule has 0 radical (unpaired) electrons. The molecule has 1 heterocycles. The summed E-state index contributed by atoms with van der Waals surface area (Å²) in [5.41, 5.74) is 1.82. The highest BCUT2D eigenvalue weighted by Crippen LogP contribution is 2.30. The van der Waals surface area contributed by atoms with Gasteiger partial charge in [-0.05, 0) is 23.8 Å². The van der Waals surface area contributed by atoms with Gasteiger partial charge in [-0.2, -0.15) is 0 Å². The minimum atomic E-state index is -0.474. The van der Waals surface area contributed by atoms with Gasteiger partial charge in [0, 0.05) is 5.39 Å². The van der Waals surface area contributed by atoms with Crippen LogP contribution in [0.5, 0.6) is 5.75 Å². The lowest BCUT2D eigenvalue weighted by atomic mass is 10.1. The first-order valence-electron chi connectivity index (χ1n) is 6.55. The van der Waals surface area contributed by atoms with E-state index in [9.17, 15) is 4.79 Å². The fourth-order valence-corrected chi connectivity index (χ4v) is 2.17. The van der Waals surface area contributed by atoms with Crippen LogP contribution < -0.4 is 4.74 Å². The van der Waals surface area contributed by atoms with Gasteiger partial charge in [0.25, 0.3) is 0 Å². The summed E-state index contributed by atoms with van der Waals surface area (Å²) in [6.45, 7) is 0.372. The van der Waals surface area contributed by atoms with E-state index in [1.807, 2.05) is 36.4 Å². The van der Waals surface area contributed by atoms with E-state index in [2.05, 4.69) is 0 Å². The van der Waals surface area contributed by atoms with Crippen LogP contribution in [-0.4, -0.2) is 13.1 Å². The molecule has 0 N–H and O–H groups in total. The normalized spacial score (nSPS) is 10.5. The maximum atomic E-state index is 12.0. The summed E-state index contributed by atoms with van der Waals surface area (Å²) >= 11 is 0. The molecule has 0 saturated heterocycles. The molecular weight excluding hydrogens is 268 g/mol. The van der Waals surface area contributed by atoms with Gasteiger partial charge < -0.3 is 13.9 Å². The first kappa shape index (κ1) is 13.2. The van der Waals surface area contributed by atoms with Crippen molar-refractivity contribution in [3.63, 3.8) is 0 Å². The van der Waals surface area contributed by atoms with Crippen LogP contribution in [0.2, 0.25) is 0 Å². The number of hydrogen-bond acceptors (Lipinski definition) is 4. The second-order valence-electron chi connectivity index (χ2n) is 4.54. The number of methoxy groups -OCH3 is 1. The van der Waals surface area contributed by atoms with Crippen LogP contribution >= 0.6 is 0 Å². The monoisotopic (exact) mass is 282 g/mol. The lowest BCUT2D eigenvalue weighted by Crippen LogP contribution is -2.06. The van der Waals surface area contributed by atoms with Gasteiger partial charge in [0.05, 0.1) is 13.4 Å². The molecule has 106 valence electrons. The summed E-state index contributed by atoms with van der Waals surface area (Å²) in [7, 11) is 1.34. The molecule has 2 aromatic carbocycles. The third-order valence-corrected chi connectivity index (χ3v) is 3.21. The SMILES string of the molecule is COC(=O)c1c(OCc2ccccc2)ccc2ccoc12. The molecule has 0 unspecified atom stereocenters. The van der Waals surface area contributed by atoms with Gasteiger partial charge in [0.1, 0.15) is 17.9 Å². The van der Waals surface area contributed by atoms with Crippen LogP contribution in [-0.2, 0) is 11.3 Å². The first-order chi connectivity index (χ1) is 10.3. The van der Waals surface area contributed by atoms with E-state index in [1.54, 1.807) is 12.1 Å². The van der Waals surface area contributed by atoms with Crippen LogP contribution in [0.15, 0.2) is 59.2 Å². The fraction of sp³-hybridized carbons (Fsp3) is 0.118. The van der Waals surface area contributed by atoms with Crippen molar-refractivity contribution in [2.75, 3.05) is 7.11 Å². The average Bonchev–Trinajstić information content (AvgIpc) is 3.01. The highest BCUT2D eigenvalue weighted by Gasteiger charge is 2.19. The zero-order chi connectivity index (χ0) is 14.7. The quantitative estimate of drug-likeness (QED) is 0.683. The maximum Gasteiger partial charge on any atom is 0.345 e. The average molecular weight is 282 g/mol. The van der Waals surface area contributed by atoms with Gasteiger partial charge in [-0.25, -0.2) is 4.79 Å². The Kier molecular flexibility index (Phi) is 3.60. The van der Waals surface area contributed by atoms with Crippen LogP contribution in [0.1, 0.15) is 15.9 Å². The molecular formula is C17H14O4. The van der Waals surface area contributed by atoms with Crippen molar-refractivity contribution in [2.45, 2.75) is 6.61 Å². The molecule has 0 atom stereocenters. The minimum Gasteiger partial charge on any atom is -0.488 e. The number of ether oxygens (including phenoxy) is 2. The molecule has 1 aromatic heterocycles. The number of fused-ring (bicyclic) bond motifs is 1. The molecule has 0 bridgehead atoms. The Morgan fingerprint density at radius 3 is 2.67 bits per heavy atom. The molecule has 0 spiro atoms. The summed E-state index contributed by atoms with van der Waals surface area (Å²) in [5, 5.41) is 0.836. The maximum absolute atomic E-state index is 12.0. The Hall–Kier alpha value is -2.75. The molecule has 0 aliphatic heterocycles. The summed E-state index contributed by atoms with van der Waals surface area (Å²) in [4.78, 5) is 12.0. The zero-order valence-electron chi connectivity index (χ0n) is 11.5. The molecule has 4 heteroatoms. The van der Waals surface area contributed by atoms with E-state index >= 15 is 0 Å². The third-order valence-electron chi connectivity index (χ3n) is 3.21. The summed E-state index contributed by atoms with van der Waals surface area (Å²) in [6, 6.07) is 15.2. The second-order valence-corrected chi connectivity index (χ2v) is 4.54. The summed E-state index contributed by atoms with van der Waals surface area (Å²) < 4.78 is 16.0. The number of esters is 1. The van der Waals surface area contributed by atoms with Crippen molar-refractivity contribution < 1.29 is 18.7 Å². The Morgan fingerprint density at radius 2 is 1.90 bits per heavy atom. The van der Waals surface area contributed by atoms with E-state index in [4.69, 9.17) is 13.9 Å². The molecule has 3 rings (SSSR count). The number of hydrogen-bond donors (Lipinski definition) is 0. The molecule has 3 aromatic rings. The standard InChI is InChI=1S/C17H14O4/c1-19-17(18)15-14(8-7-13-9-10-20-16(13)15)21-11-12-5-3-2-4-6-12/h2-10H,11H2,1H3. The van der Waals surface area contributed by atoms with Gasteiger partial charge in [0.2, 0.25) is 0 Å². The number of carbonyl (C=O) groups is 1. The molecule has 0 amide bonds. The van der Waals surface area contributed by atoms with Gasteiger partial charge in [0.15, 0.2) is 5.58 Å². The van der Waals surface area contributed by atoms with E-state index in [-0.39, 0.29) is 0 Å². The Bertz CT molecular complexity index is 759. The predicted octanol–water partition coefficient (Wildman–Crippen LogP) is 3.80. The van der Waals surface area contributed by atoms with Crippen LogP contribution in [0.25, 0.3) is 11.0 Å². The third kappa shape index (κ3) is 2.60.